The van der Waals surface area contributed by atoms with Crippen LogP contribution in [0.4, 0.5) is 0 Å². The Morgan fingerprint density at radius 2 is 2.12 bits per heavy atom. The van der Waals surface area contributed by atoms with Gasteiger partial charge in [-0.15, -0.1) is 0 Å². The van der Waals surface area contributed by atoms with Crippen molar-refractivity contribution in [2.45, 2.75) is 19.9 Å². The molecule has 0 aliphatic heterocycles. The zero-order valence-corrected chi connectivity index (χ0v) is 14.4. The van der Waals surface area contributed by atoms with Crippen LogP contribution < -0.4 is 5.32 Å². The summed E-state index contributed by atoms with van der Waals surface area (Å²) in [4.78, 5) is 24.8. The Hall–Kier alpha value is -2.80. The zero-order valence-electron chi connectivity index (χ0n) is 13.7. The second-order valence-corrected chi connectivity index (χ2v) is 6.15. The molecule has 0 aliphatic carbocycles. The lowest BCUT2D eigenvalue weighted by Gasteiger charge is -2.18. The van der Waals surface area contributed by atoms with E-state index in [2.05, 4.69) is 25.4 Å². The van der Waals surface area contributed by atoms with E-state index in [1.54, 1.807) is 24.5 Å². The molecule has 0 saturated carbocycles. The molecule has 3 aromatic rings. The molecule has 3 aromatic heterocycles. The van der Waals surface area contributed by atoms with Crippen molar-refractivity contribution in [1.82, 2.24) is 25.4 Å². The Balaban J connectivity index is 1.82. The van der Waals surface area contributed by atoms with Crippen molar-refractivity contribution >= 4 is 17.5 Å². The number of nitrogens with one attached hydrogen (secondary N) is 1. The van der Waals surface area contributed by atoms with Gasteiger partial charge in [-0.2, -0.15) is 4.98 Å². The molecule has 1 unspecified atom stereocenters. The minimum Gasteiger partial charge on any atom is -0.340 e. The molecule has 0 spiro atoms. The van der Waals surface area contributed by atoms with Crippen LogP contribution >= 0.6 is 11.6 Å². The summed E-state index contributed by atoms with van der Waals surface area (Å²) in [6.45, 7) is 3.91. The fourth-order valence-corrected chi connectivity index (χ4v) is 2.43. The zero-order chi connectivity index (χ0) is 17.8. The third-order valence-corrected chi connectivity index (χ3v) is 3.78. The lowest BCUT2D eigenvalue weighted by atomic mass is 10.0. The molecule has 0 saturated heterocycles. The van der Waals surface area contributed by atoms with Gasteiger partial charge in [-0.3, -0.25) is 9.78 Å². The van der Waals surface area contributed by atoms with Gasteiger partial charge in [-0.05, 0) is 30.2 Å². The minimum atomic E-state index is -0.433. The highest BCUT2D eigenvalue weighted by Crippen LogP contribution is 2.23. The molecule has 1 N–H and O–H groups in total. The van der Waals surface area contributed by atoms with E-state index in [9.17, 15) is 4.79 Å². The first-order valence-corrected chi connectivity index (χ1v) is 8.09. The van der Waals surface area contributed by atoms with E-state index in [4.69, 9.17) is 16.1 Å². The van der Waals surface area contributed by atoms with Crippen molar-refractivity contribution in [2.24, 2.45) is 5.92 Å². The molecule has 1 atom stereocenters. The van der Waals surface area contributed by atoms with Crippen LogP contribution in [0.3, 0.4) is 0 Å². The lowest BCUT2D eigenvalue weighted by molar-refractivity contribution is 0.0914. The highest BCUT2D eigenvalue weighted by molar-refractivity contribution is 6.29. The van der Waals surface area contributed by atoms with Gasteiger partial charge in [0, 0.05) is 29.7 Å². The quantitative estimate of drug-likeness (QED) is 0.704. The van der Waals surface area contributed by atoms with E-state index in [0.29, 0.717) is 17.3 Å². The monoisotopic (exact) mass is 357 g/mol. The van der Waals surface area contributed by atoms with Gasteiger partial charge in [0.25, 0.3) is 5.91 Å². The van der Waals surface area contributed by atoms with Crippen LogP contribution in [0.1, 0.15) is 36.1 Å². The predicted octanol–water partition coefficient (Wildman–Crippen LogP) is 3.31. The molecule has 0 aliphatic rings. The Labute approximate surface area is 149 Å². The number of hydrogen-bond donors (Lipinski definition) is 1. The Bertz CT molecular complexity index is 866. The van der Waals surface area contributed by atoms with E-state index < -0.39 is 6.04 Å². The van der Waals surface area contributed by atoms with Gasteiger partial charge >= 0.3 is 0 Å². The van der Waals surface area contributed by atoms with Gasteiger partial charge < -0.3 is 9.84 Å². The second kappa shape index (κ2) is 7.40. The maximum Gasteiger partial charge on any atom is 0.252 e. The Morgan fingerprint density at radius 3 is 2.80 bits per heavy atom. The van der Waals surface area contributed by atoms with Crippen molar-refractivity contribution in [3.05, 3.63) is 59.5 Å². The molecule has 1 amide bonds. The largest absolute Gasteiger partial charge is 0.340 e. The van der Waals surface area contributed by atoms with Crippen molar-refractivity contribution in [3.63, 3.8) is 0 Å². The summed E-state index contributed by atoms with van der Waals surface area (Å²) in [6.07, 6.45) is 4.80. The Kier molecular flexibility index (Phi) is 5.04. The summed E-state index contributed by atoms with van der Waals surface area (Å²) in [5.41, 5.74) is 1.16. The Morgan fingerprint density at radius 1 is 1.28 bits per heavy atom. The first-order valence-electron chi connectivity index (χ1n) is 7.71. The topological polar surface area (TPSA) is 93.8 Å². The number of hydrogen-bond acceptors (Lipinski definition) is 6. The van der Waals surface area contributed by atoms with Crippen molar-refractivity contribution in [3.8, 4) is 11.4 Å². The van der Waals surface area contributed by atoms with Crippen LogP contribution in [-0.4, -0.2) is 26.0 Å². The number of amides is 1. The van der Waals surface area contributed by atoms with Crippen LogP contribution in [0.25, 0.3) is 11.4 Å². The smallest absolute Gasteiger partial charge is 0.252 e. The average Bonchev–Trinajstić information content (AvgIpc) is 3.09. The van der Waals surface area contributed by atoms with E-state index in [1.807, 2.05) is 19.9 Å². The van der Waals surface area contributed by atoms with Gasteiger partial charge in [-0.25, -0.2) is 4.98 Å². The second-order valence-electron chi connectivity index (χ2n) is 5.76. The SMILES string of the molecule is CC(C)C(NC(=O)c1ccnc(Cl)c1)c1nc(-c2cccnc2)no1. The molecule has 7 nitrogen and oxygen atoms in total. The molecule has 3 heterocycles. The molecule has 8 heteroatoms. The number of carbonyl (C=O) groups is 1. The summed E-state index contributed by atoms with van der Waals surface area (Å²) < 4.78 is 5.36. The summed E-state index contributed by atoms with van der Waals surface area (Å²) in [6, 6.07) is 6.29. The molecular formula is C17H16ClN5O2. The number of rotatable bonds is 5. The van der Waals surface area contributed by atoms with E-state index in [0.717, 1.165) is 5.56 Å². The van der Waals surface area contributed by atoms with Crippen molar-refractivity contribution < 1.29 is 9.32 Å². The number of aromatic nitrogens is 4. The van der Waals surface area contributed by atoms with Crippen molar-refractivity contribution in [1.29, 1.82) is 0 Å². The lowest BCUT2D eigenvalue weighted by Crippen LogP contribution is -2.32. The maximum atomic E-state index is 12.5. The van der Waals surface area contributed by atoms with Gasteiger partial charge in [-0.1, -0.05) is 30.6 Å². The van der Waals surface area contributed by atoms with Crippen LogP contribution in [0.2, 0.25) is 5.15 Å². The summed E-state index contributed by atoms with van der Waals surface area (Å²) in [5.74, 6) is 0.518. The minimum absolute atomic E-state index is 0.0449. The number of pyridine rings is 2. The van der Waals surface area contributed by atoms with Crippen LogP contribution in [0.5, 0.6) is 0 Å². The number of carbonyl (C=O) groups excluding carboxylic acids is 1. The normalized spacial score (nSPS) is 12.2. The molecule has 3 rings (SSSR count). The van der Waals surface area contributed by atoms with Crippen molar-refractivity contribution in [2.75, 3.05) is 0 Å². The standard InChI is InChI=1S/C17H16ClN5O2/c1-10(2)14(21-16(24)11-5-7-20-13(18)8-11)17-22-15(23-25-17)12-4-3-6-19-9-12/h3-10,14H,1-2H3,(H,21,24). The van der Waals surface area contributed by atoms with E-state index in [-0.39, 0.29) is 17.0 Å². The fraction of sp³-hybridized carbons (Fsp3) is 0.235. The average molecular weight is 358 g/mol. The molecule has 0 aromatic carbocycles. The number of nitrogens with zero attached hydrogens (tertiary/aromatic N) is 4. The van der Waals surface area contributed by atoms with Gasteiger partial charge in [0.15, 0.2) is 0 Å². The highest BCUT2D eigenvalue weighted by Gasteiger charge is 2.25. The van der Waals surface area contributed by atoms with Crippen LogP contribution in [0.15, 0.2) is 47.4 Å². The van der Waals surface area contributed by atoms with E-state index >= 15 is 0 Å². The molecule has 25 heavy (non-hydrogen) atoms. The van der Waals surface area contributed by atoms with Crippen LogP contribution in [0, 0.1) is 5.92 Å². The molecule has 0 bridgehead atoms. The van der Waals surface area contributed by atoms with Gasteiger partial charge in [0.1, 0.15) is 11.2 Å². The fourth-order valence-electron chi connectivity index (χ4n) is 2.26. The summed E-state index contributed by atoms with van der Waals surface area (Å²) >= 11 is 5.84. The van der Waals surface area contributed by atoms with Gasteiger partial charge in [0.05, 0.1) is 0 Å². The highest BCUT2D eigenvalue weighted by atomic mass is 35.5. The van der Waals surface area contributed by atoms with E-state index in [1.165, 1.54) is 12.3 Å². The molecule has 128 valence electrons. The molecule has 0 radical (unpaired) electrons. The third kappa shape index (κ3) is 4.00. The molecular weight excluding hydrogens is 342 g/mol. The predicted molar refractivity (Wildman–Crippen MR) is 91.8 cm³/mol. The summed E-state index contributed by atoms with van der Waals surface area (Å²) in [5, 5.41) is 7.13. The first-order chi connectivity index (χ1) is 12.0. The first kappa shape index (κ1) is 17.0. The van der Waals surface area contributed by atoms with Crippen LogP contribution in [-0.2, 0) is 0 Å². The number of halogens is 1. The maximum absolute atomic E-state index is 12.5. The molecule has 0 fully saturated rings. The summed E-state index contributed by atoms with van der Waals surface area (Å²) in [7, 11) is 0. The third-order valence-electron chi connectivity index (χ3n) is 3.57. The van der Waals surface area contributed by atoms with Gasteiger partial charge in [0.2, 0.25) is 11.7 Å².